The Hall–Kier alpha value is -0.600. The topological polar surface area (TPSA) is 17.1 Å². The number of ketones is 1. The molecular weight excluding hydrogens is 250 g/mol. The smallest absolute Gasteiger partial charge is 0.162 e. The van der Waals surface area contributed by atoms with E-state index in [2.05, 4.69) is 0 Å². The molecule has 1 rings (SSSR count). The minimum absolute atomic E-state index is 0.00327. The number of alkyl halides is 1. The molecule has 0 bridgehead atoms. The molecule has 0 saturated heterocycles. The van der Waals surface area contributed by atoms with Gasteiger partial charge in [0.05, 0.1) is 5.02 Å². The van der Waals surface area contributed by atoms with Gasteiger partial charge in [0, 0.05) is 17.9 Å². The van der Waals surface area contributed by atoms with Crippen LogP contribution in [0.3, 0.4) is 0 Å². The second-order valence-corrected chi connectivity index (χ2v) is 4.34. The molecule has 1 aromatic rings. The summed E-state index contributed by atoms with van der Waals surface area (Å²) in [6.07, 6.45) is 3.11. The summed E-state index contributed by atoms with van der Waals surface area (Å²) in [5.74, 6) is 0.119. The molecule has 0 aliphatic heterocycles. The second kappa shape index (κ2) is 6.87. The molecule has 88 valence electrons. The van der Waals surface area contributed by atoms with Gasteiger partial charge in [0.1, 0.15) is 5.82 Å². The van der Waals surface area contributed by atoms with Crippen LogP contribution in [0.5, 0.6) is 0 Å². The molecule has 0 fully saturated rings. The fourth-order valence-electron chi connectivity index (χ4n) is 1.37. The molecule has 0 unspecified atom stereocenters. The molecular formula is C12H13Cl2FO. The minimum atomic E-state index is -0.500. The number of hydrogen-bond donors (Lipinski definition) is 0. The van der Waals surface area contributed by atoms with E-state index in [1.807, 2.05) is 0 Å². The highest BCUT2D eigenvalue weighted by atomic mass is 35.5. The SMILES string of the molecule is O=C(CCCCCCl)c1ccc(F)c(Cl)c1. The summed E-state index contributed by atoms with van der Waals surface area (Å²) in [6, 6.07) is 4.06. The summed E-state index contributed by atoms with van der Waals surface area (Å²) < 4.78 is 12.9. The lowest BCUT2D eigenvalue weighted by atomic mass is 10.0. The van der Waals surface area contributed by atoms with Gasteiger partial charge < -0.3 is 0 Å². The maximum atomic E-state index is 12.9. The third-order valence-corrected chi connectivity index (χ3v) is 2.84. The molecule has 0 aliphatic carbocycles. The number of carbonyl (C=O) groups is 1. The van der Waals surface area contributed by atoms with E-state index in [9.17, 15) is 9.18 Å². The zero-order chi connectivity index (χ0) is 12.0. The Bertz CT molecular complexity index is 366. The predicted octanol–water partition coefficient (Wildman–Crippen LogP) is 4.46. The Morgan fingerprint density at radius 2 is 2.00 bits per heavy atom. The van der Waals surface area contributed by atoms with E-state index >= 15 is 0 Å². The number of carbonyl (C=O) groups excluding carboxylic acids is 1. The Morgan fingerprint density at radius 1 is 1.25 bits per heavy atom. The molecule has 1 nitrogen and oxygen atoms in total. The lowest BCUT2D eigenvalue weighted by molar-refractivity contribution is 0.0979. The number of benzene rings is 1. The summed E-state index contributed by atoms with van der Waals surface area (Å²) in [4.78, 5) is 11.7. The van der Waals surface area contributed by atoms with Crippen molar-refractivity contribution in [3.8, 4) is 0 Å². The van der Waals surface area contributed by atoms with Gasteiger partial charge in [-0.25, -0.2) is 4.39 Å². The van der Waals surface area contributed by atoms with Crippen LogP contribution in [0.4, 0.5) is 4.39 Å². The van der Waals surface area contributed by atoms with Crippen LogP contribution in [0, 0.1) is 5.82 Å². The fourth-order valence-corrected chi connectivity index (χ4v) is 1.74. The highest BCUT2D eigenvalue weighted by Gasteiger charge is 2.08. The van der Waals surface area contributed by atoms with Crippen molar-refractivity contribution in [1.82, 2.24) is 0 Å². The lowest BCUT2D eigenvalue weighted by Crippen LogP contribution is -1.99. The summed E-state index contributed by atoms with van der Waals surface area (Å²) in [7, 11) is 0. The van der Waals surface area contributed by atoms with Crippen LogP contribution >= 0.6 is 23.2 Å². The van der Waals surface area contributed by atoms with E-state index in [-0.39, 0.29) is 10.8 Å². The van der Waals surface area contributed by atoms with E-state index in [0.29, 0.717) is 17.9 Å². The molecule has 0 heterocycles. The van der Waals surface area contributed by atoms with E-state index < -0.39 is 5.82 Å². The molecule has 4 heteroatoms. The van der Waals surface area contributed by atoms with E-state index in [0.717, 1.165) is 19.3 Å². The zero-order valence-electron chi connectivity index (χ0n) is 8.81. The molecule has 0 spiro atoms. The monoisotopic (exact) mass is 262 g/mol. The molecule has 0 aromatic heterocycles. The number of unbranched alkanes of at least 4 members (excludes halogenated alkanes) is 2. The Morgan fingerprint density at radius 3 is 2.62 bits per heavy atom. The molecule has 0 N–H and O–H groups in total. The van der Waals surface area contributed by atoms with Gasteiger partial charge in [-0.2, -0.15) is 0 Å². The molecule has 16 heavy (non-hydrogen) atoms. The Kier molecular flexibility index (Phi) is 5.78. The zero-order valence-corrected chi connectivity index (χ0v) is 10.3. The van der Waals surface area contributed by atoms with Crippen molar-refractivity contribution in [3.63, 3.8) is 0 Å². The molecule has 0 atom stereocenters. The largest absolute Gasteiger partial charge is 0.294 e. The van der Waals surface area contributed by atoms with Crippen LogP contribution in [0.15, 0.2) is 18.2 Å². The quantitative estimate of drug-likeness (QED) is 0.420. The maximum absolute atomic E-state index is 12.9. The third-order valence-electron chi connectivity index (χ3n) is 2.28. The van der Waals surface area contributed by atoms with Gasteiger partial charge in [-0.1, -0.05) is 18.0 Å². The van der Waals surface area contributed by atoms with Gasteiger partial charge in [0.2, 0.25) is 0 Å². The van der Waals surface area contributed by atoms with Crippen molar-refractivity contribution in [3.05, 3.63) is 34.6 Å². The molecule has 0 radical (unpaired) electrons. The van der Waals surface area contributed by atoms with Crippen LogP contribution in [-0.2, 0) is 0 Å². The summed E-state index contributed by atoms with van der Waals surface area (Å²) in [5, 5.41) is -0.00777. The summed E-state index contributed by atoms with van der Waals surface area (Å²) in [5.41, 5.74) is 0.470. The van der Waals surface area contributed by atoms with Gasteiger partial charge in [0.25, 0.3) is 0 Å². The minimum Gasteiger partial charge on any atom is -0.294 e. The number of rotatable bonds is 6. The van der Waals surface area contributed by atoms with Crippen LogP contribution in [0.1, 0.15) is 36.0 Å². The highest BCUT2D eigenvalue weighted by Crippen LogP contribution is 2.17. The van der Waals surface area contributed by atoms with Gasteiger partial charge in [-0.05, 0) is 31.0 Å². The lowest BCUT2D eigenvalue weighted by Gasteiger charge is -2.02. The van der Waals surface area contributed by atoms with Crippen molar-refractivity contribution in [2.24, 2.45) is 0 Å². The molecule has 0 saturated carbocycles. The summed E-state index contributed by atoms with van der Waals surface area (Å²) in [6.45, 7) is 0. The van der Waals surface area contributed by atoms with Gasteiger partial charge in [-0.3, -0.25) is 4.79 Å². The van der Waals surface area contributed by atoms with Crippen molar-refractivity contribution < 1.29 is 9.18 Å². The first kappa shape index (κ1) is 13.5. The number of halogens is 3. The van der Waals surface area contributed by atoms with E-state index in [4.69, 9.17) is 23.2 Å². The standard InChI is InChI=1S/C12H13Cl2FO/c13-7-3-1-2-4-12(16)9-5-6-11(15)10(14)8-9/h5-6,8H,1-4,7H2. The van der Waals surface area contributed by atoms with E-state index in [1.54, 1.807) is 0 Å². The van der Waals surface area contributed by atoms with Crippen LogP contribution < -0.4 is 0 Å². The first-order valence-corrected chi connectivity index (χ1v) is 6.10. The van der Waals surface area contributed by atoms with Crippen molar-refractivity contribution in [2.75, 3.05) is 5.88 Å². The predicted molar refractivity (Wildman–Crippen MR) is 64.9 cm³/mol. The first-order valence-electron chi connectivity index (χ1n) is 5.19. The number of Topliss-reactive ketones (excluding diaryl/α,β-unsaturated/α-hetero) is 1. The molecule has 1 aromatic carbocycles. The van der Waals surface area contributed by atoms with Crippen molar-refractivity contribution in [1.29, 1.82) is 0 Å². The van der Waals surface area contributed by atoms with Crippen LogP contribution in [-0.4, -0.2) is 11.7 Å². The fraction of sp³-hybridized carbons (Fsp3) is 0.417. The van der Waals surface area contributed by atoms with E-state index in [1.165, 1.54) is 18.2 Å². The normalized spacial score (nSPS) is 10.4. The van der Waals surface area contributed by atoms with Gasteiger partial charge in [0.15, 0.2) is 5.78 Å². The Balaban J connectivity index is 2.50. The first-order chi connectivity index (χ1) is 7.65. The average Bonchev–Trinajstić information content (AvgIpc) is 2.28. The Labute approximate surface area is 105 Å². The van der Waals surface area contributed by atoms with Gasteiger partial charge >= 0.3 is 0 Å². The second-order valence-electron chi connectivity index (χ2n) is 3.55. The summed E-state index contributed by atoms with van der Waals surface area (Å²) >= 11 is 11.1. The average molecular weight is 263 g/mol. The number of hydrogen-bond acceptors (Lipinski definition) is 1. The molecule has 0 amide bonds. The molecule has 0 aliphatic rings. The maximum Gasteiger partial charge on any atom is 0.162 e. The van der Waals surface area contributed by atoms with Crippen LogP contribution in [0.25, 0.3) is 0 Å². The third kappa shape index (κ3) is 4.11. The van der Waals surface area contributed by atoms with Crippen molar-refractivity contribution >= 4 is 29.0 Å². The highest BCUT2D eigenvalue weighted by molar-refractivity contribution is 6.31. The van der Waals surface area contributed by atoms with Crippen LogP contribution in [0.2, 0.25) is 5.02 Å². The van der Waals surface area contributed by atoms with Crippen molar-refractivity contribution in [2.45, 2.75) is 25.7 Å². The van der Waals surface area contributed by atoms with Gasteiger partial charge in [-0.15, -0.1) is 11.6 Å².